The highest BCUT2D eigenvalue weighted by atomic mass is 127. The third kappa shape index (κ3) is 7.60. The number of nitrogens with zero attached hydrogens (tertiary/aromatic N) is 3. The van der Waals surface area contributed by atoms with E-state index >= 15 is 0 Å². The summed E-state index contributed by atoms with van der Waals surface area (Å²) in [6.07, 6.45) is 3.28. The molecular formula is C21H34F2IN5O2. The molecule has 2 N–H and O–H groups in total. The second-order valence-corrected chi connectivity index (χ2v) is 7.70. The summed E-state index contributed by atoms with van der Waals surface area (Å²) in [6, 6.07) is 7.62. The Morgan fingerprint density at radius 3 is 2.81 bits per heavy atom. The number of ether oxygens (including phenoxy) is 2. The maximum absolute atomic E-state index is 12.7. The van der Waals surface area contributed by atoms with E-state index < -0.39 is 6.61 Å². The molecule has 2 saturated heterocycles. The maximum Gasteiger partial charge on any atom is 0.387 e. The first-order valence-corrected chi connectivity index (χ1v) is 10.6. The molecule has 2 heterocycles. The summed E-state index contributed by atoms with van der Waals surface area (Å²) in [7, 11) is 3.50. The van der Waals surface area contributed by atoms with E-state index in [1.807, 2.05) is 12.1 Å². The first-order chi connectivity index (χ1) is 14.6. The molecule has 0 amide bonds. The van der Waals surface area contributed by atoms with Gasteiger partial charge in [-0.2, -0.15) is 8.78 Å². The predicted molar refractivity (Wildman–Crippen MR) is 130 cm³/mol. The van der Waals surface area contributed by atoms with Gasteiger partial charge in [0.1, 0.15) is 5.75 Å². The smallest absolute Gasteiger partial charge is 0.387 e. The minimum absolute atomic E-state index is 0. The van der Waals surface area contributed by atoms with Crippen LogP contribution in [0.25, 0.3) is 0 Å². The summed E-state index contributed by atoms with van der Waals surface area (Å²) in [4.78, 5) is 8.90. The number of alkyl halides is 2. The lowest BCUT2D eigenvalue weighted by molar-refractivity contribution is -0.0495. The van der Waals surface area contributed by atoms with Crippen LogP contribution in [0.3, 0.4) is 0 Å². The average Bonchev–Trinajstić information content (AvgIpc) is 3.38. The Hall–Kier alpha value is -1.40. The van der Waals surface area contributed by atoms with Crippen LogP contribution in [0.5, 0.6) is 5.75 Å². The molecule has 0 radical (unpaired) electrons. The third-order valence-corrected chi connectivity index (χ3v) is 5.76. The molecule has 2 aliphatic rings. The average molecular weight is 553 g/mol. The van der Waals surface area contributed by atoms with E-state index in [-0.39, 0.29) is 35.8 Å². The van der Waals surface area contributed by atoms with Gasteiger partial charge in [-0.05, 0) is 37.9 Å². The zero-order valence-corrected chi connectivity index (χ0v) is 20.6. The summed E-state index contributed by atoms with van der Waals surface area (Å²) in [5.74, 6) is 0.991. The molecular weight excluding hydrogens is 519 g/mol. The number of methoxy groups -OCH3 is 1. The van der Waals surface area contributed by atoms with Crippen molar-refractivity contribution in [3.63, 3.8) is 0 Å². The number of anilines is 1. The lowest BCUT2D eigenvalue weighted by Crippen LogP contribution is -2.48. The van der Waals surface area contributed by atoms with Gasteiger partial charge in [-0.15, -0.1) is 24.0 Å². The molecule has 1 aromatic rings. The summed E-state index contributed by atoms with van der Waals surface area (Å²) in [5.41, 5.74) is 0.699. The number of hydrogen-bond acceptors (Lipinski definition) is 5. The van der Waals surface area contributed by atoms with Gasteiger partial charge in [0.05, 0.1) is 12.3 Å². The van der Waals surface area contributed by atoms with E-state index in [2.05, 4.69) is 30.2 Å². The Kier molecular flexibility index (Phi) is 11.0. The quantitative estimate of drug-likeness (QED) is 0.279. The summed E-state index contributed by atoms with van der Waals surface area (Å²) in [6.45, 7) is 2.29. The highest BCUT2D eigenvalue weighted by Gasteiger charge is 2.27. The standard InChI is InChI=1S/C21H33F2N5O2.HI/c1-24-21(25-14-17-6-5-10-27(17)12-13-29-2)26-16-9-11-28(15-16)18-7-3-4-8-19(18)30-20(22)23;/h3-4,7-8,16-17,20H,5-6,9-15H2,1-2H3,(H2,24,25,26);1H. The summed E-state index contributed by atoms with van der Waals surface area (Å²) >= 11 is 0. The Balaban J connectivity index is 0.00000341. The van der Waals surface area contributed by atoms with Gasteiger partial charge >= 0.3 is 6.61 Å². The molecule has 7 nitrogen and oxygen atoms in total. The van der Waals surface area contributed by atoms with Crippen LogP contribution < -0.4 is 20.3 Å². The van der Waals surface area contributed by atoms with Gasteiger partial charge in [0.2, 0.25) is 0 Å². The van der Waals surface area contributed by atoms with Crippen LogP contribution in [0.1, 0.15) is 19.3 Å². The van der Waals surface area contributed by atoms with Crippen LogP contribution >= 0.6 is 24.0 Å². The molecule has 176 valence electrons. The van der Waals surface area contributed by atoms with Crippen molar-refractivity contribution < 1.29 is 18.3 Å². The van der Waals surface area contributed by atoms with E-state index in [1.165, 1.54) is 12.8 Å². The molecule has 0 saturated carbocycles. The van der Waals surface area contributed by atoms with Crippen LogP contribution in [-0.4, -0.2) is 83.0 Å². The number of benzene rings is 1. The van der Waals surface area contributed by atoms with Crippen LogP contribution in [-0.2, 0) is 4.74 Å². The van der Waals surface area contributed by atoms with E-state index in [9.17, 15) is 8.78 Å². The molecule has 2 atom stereocenters. The number of hydrogen-bond donors (Lipinski definition) is 2. The fourth-order valence-corrected chi connectivity index (χ4v) is 4.24. The van der Waals surface area contributed by atoms with Gasteiger partial charge in [0.25, 0.3) is 0 Å². The van der Waals surface area contributed by atoms with Crippen molar-refractivity contribution in [1.29, 1.82) is 0 Å². The van der Waals surface area contributed by atoms with Gasteiger partial charge in [-0.25, -0.2) is 0 Å². The molecule has 2 aliphatic heterocycles. The molecule has 2 unspecified atom stereocenters. The van der Waals surface area contributed by atoms with Gasteiger partial charge in [-0.3, -0.25) is 9.89 Å². The Morgan fingerprint density at radius 2 is 2.06 bits per heavy atom. The predicted octanol–water partition coefficient (Wildman–Crippen LogP) is 2.76. The molecule has 0 spiro atoms. The van der Waals surface area contributed by atoms with Gasteiger partial charge in [0.15, 0.2) is 5.96 Å². The highest BCUT2D eigenvalue weighted by molar-refractivity contribution is 14.0. The molecule has 0 bridgehead atoms. The van der Waals surface area contributed by atoms with Crippen molar-refractivity contribution in [3.8, 4) is 5.75 Å². The largest absolute Gasteiger partial charge is 0.433 e. The van der Waals surface area contributed by atoms with Crippen LogP contribution in [0.4, 0.5) is 14.5 Å². The minimum Gasteiger partial charge on any atom is -0.433 e. The Morgan fingerprint density at radius 1 is 1.26 bits per heavy atom. The fourth-order valence-electron chi connectivity index (χ4n) is 4.24. The van der Waals surface area contributed by atoms with E-state index in [4.69, 9.17) is 4.74 Å². The lowest BCUT2D eigenvalue weighted by Gasteiger charge is -2.26. The number of likely N-dealkylation sites (tertiary alicyclic amines) is 1. The second-order valence-electron chi connectivity index (χ2n) is 7.70. The normalized spacial score (nSPS) is 22.0. The fraction of sp³-hybridized carbons (Fsp3) is 0.667. The summed E-state index contributed by atoms with van der Waals surface area (Å²) < 4.78 is 35.3. The number of guanidine groups is 1. The van der Waals surface area contributed by atoms with E-state index in [0.717, 1.165) is 45.2 Å². The third-order valence-electron chi connectivity index (χ3n) is 5.76. The number of para-hydroxylation sites is 2. The molecule has 10 heteroatoms. The van der Waals surface area contributed by atoms with Crippen LogP contribution in [0, 0.1) is 0 Å². The first kappa shape index (κ1) is 25.9. The second kappa shape index (κ2) is 13.2. The van der Waals surface area contributed by atoms with Crippen molar-refractivity contribution in [2.75, 3.05) is 58.4 Å². The SMILES string of the molecule is CN=C(NCC1CCCN1CCOC)NC1CCN(c2ccccc2OC(F)F)C1.I. The van der Waals surface area contributed by atoms with Crippen molar-refractivity contribution in [1.82, 2.24) is 15.5 Å². The molecule has 3 rings (SSSR count). The van der Waals surface area contributed by atoms with Crippen molar-refractivity contribution >= 4 is 35.6 Å². The van der Waals surface area contributed by atoms with Crippen molar-refractivity contribution in [2.24, 2.45) is 4.99 Å². The van der Waals surface area contributed by atoms with E-state index in [1.54, 1.807) is 26.3 Å². The lowest BCUT2D eigenvalue weighted by atomic mass is 10.2. The molecule has 0 aromatic heterocycles. The zero-order chi connectivity index (χ0) is 21.3. The van der Waals surface area contributed by atoms with Crippen LogP contribution in [0.2, 0.25) is 0 Å². The first-order valence-electron chi connectivity index (χ1n) is 10.6. The monoisotopic (exact) mass is 553 g/mol. The highest BCUT2D eigenvalue weighted by Crippen LogP contribution is 2.31. The Bertz CT molecular complexity index is 697. The zero-order valence-electron chi connectivity index (χ0n) is 18.2. The van der Waals surface area contributed by atoms with Gasteiger partial charge < -0.3 is 25.0 Å². The van der Waals surface area contributed by atoms with Crippen molar-refractivity contribution in [2.45, 2.75) is 38.0 Å². The topological polar surface area (TPSA) is 61.4 Å². The number of rotatable bonds is 9. The Labute approximate surface area is 200 Å². The molecule has 2 fully saturated rings. The number of halogens is 3. The molecule has 0 aliphatic carbocycles. The van der Waals surface area contributed by atoms with Crippen molar-refractivity contribution in [3.05, 3.63) is 24.3 Å². The van der Waals surface area contributed by atoms with Crippen LogP contribution in [0.15, 0.2) is 29.3 Å². The number of nitrogens with one attached hydrogen (secondary N) is 2. The number of aliphatic imine (C=N–C) groups is 1. The van der Waals surface area contributed by atoms with Gasteiger partial charge in [-0.1, -0.05) is 12.1 Å². The summed E-state index contributed by atoms with van der Waals surface area (Å²) in [5, 5.41) is 6.92. The van der Waals surface area contributed by atoms with E-state index in [0.29, 0.717) is 18.3 Å². The van der Waals surface area contributed by atoms with Gasteiger partial charge in [0, 0.05) is 52.4 Å². The molecule has 1 aromatic carbocycles. The molecule has 31 heavy (non-hydrogen) atoms. The minimum atomic E-state index is -2.83. The maximum atomic E-state index is 12.7.